The van der Waals surface area contributed by atoms with Gasteiger partial charge in [-0.3, -0.25) is 0 Å². The van der Waals surface area contributed by atoms with E-state index >= 15 is 0 Å². The van der Waals surface area contributed by atoms with Crippen LogP contribution in [0.15, 0.2) is 18.2 Å². The third-order valence-corrected chi connectivity index (χ3v) is 4.09. The molecule has 0 bridgehead atoms. The zero-order valence-electron chi connectivity index (χ0n) is 11.3. The number of anilines is 1. The Morgan fingerprint density at radius 3 is 2.79 bits per heavy atom. The van der Waals surface area contributed by atoms with E-state index in [0.29, 0.717) is 24.1 Å². The summed E-state index contributed by atoms with van der Waals surface area (Å²) in [6.07, 6.45) is 4.62. The Labute approximate surface area is 113 Å². The Balaban J connectivity index is 2.25. The monoisotopic (exact) mass is 261 g/mol. The van der Waals surface area contributed by atoms with Crippen LogP contribution < -0.4 is 10.6 Å². The van der Waals surface area contributed by atoms with Crippen LogP contribution in [0.25, 0.3) is 0 Å². The van der Waals surface area contributed by atoms with Crippen LogP contribution in [0.3, 0.4) is 0 Å². The normalized spacial score (nSPS) is 22.8. The molecule has 1 fully saturated rings. The Hall–Kier alpha value is -1.60. The van der Waals surface area contributed by atoms with Crippen molar-refractivity contribution in [2.45, 2.75) is 31.7 Å². The molecule has 0 amide bonds. The molecule has 3 nitrogen and oxygen atoms in total. The van der Waals surface area contributed by atoms with Crippen LogP contribution in [0.1, 0.15) is 31.2 Å². The number of rotatable bonds is 3. The van der Waals surface area contributed by atoms with Gasteiger partial charge in [0.2, 0.25) is 0 Å². The molecule has 0 heterocycles. The molecule has 0 spiro atoms. The molecular formula is C15H20FN3. The Morgan fingerprint density at radius 2 is 2.11 bits per heavy atom. The first kappa shape index (κ1) is 13.8. The number of halogens is 1. The predicted molar refractivity (Wildman–Crippen MR) is 74.3 cm³/mol. The number of hydrogen-bond donors (Lipinski definition) is 1. The van der Waals surface area contributed by atoms with E-state index in [2.05, 4.69) is 4.90 Å². The highest BCUT2D eigenvalue weighted by atomic mass is 19.1. The fraction of sp³-hybridized carbons (Fsp3) is 0.533. The fourth-order valence-electron chi connectivity index (χ4n) is 3.01. The third kappa shape index (κ3) is 3.05. The summed E-state index contributed by atoms with van der Waals surface area (Å²) in [5, 5.41) is 8.92. The van der Waals surface area contributed by atoms with E-state index < -0.39 is 0 Å². The summed E-state index contributed by atoms with van der Waals surface area (Å²) in [4.78, 5) is 2.08. The van der Waals surface area contributed by atoms with Crippen LogP contribution in [-0.4, -0.2) is 19.6 Å². The molecule has 102 valence electrons. The Kier molecular flexibility index (Phi) is 4.39. The molecule has 19 heavy (non-hydrogen) atoms. The molecule has 2 rings (SSSR count). The largest absolute Gasteiger partial charge is 0.371 e. The van der Waals surface area contributed by atoms with Crippen LogP contribution in [0.5, 0.6) is 0 Å². The average molecular weight is 261 g/mol. The van der Waals surface area contributed by atoms with Crippen molar-refractivity contribution in [1.29, 1.82) is 5.26 Å². The van der Waals surface area contributed by atoms with Gasteiger partial charge < -0.3 is 10.6 Å². The zero-order valence-corrected chi connectivity index (χ0v) is 11.3. The van der Waals surface area contributed by atoms with Gasteiger partial charge in [-0.15, -0.1) is 0 Å². The molecule has 1 aliphatic carbocycles. The lowest BCUT2D eigenvalue weighted by atomic mass is 9.83. The molecule has 2 atom stereocenters. The SMILES string of the molecule is CN(c1cc(F)cc(C#N)c1)C1CCCCC1CN. The molecule has 1 saturated carbocycles. The van der Waals surface area contributed by atoms with Crippen molar-refractivity contribution in [3.63, 3.8) is 0 Å². The fourth-order valence-corrected chi connectivity index (χ4v) is 3.01. The maximum absolute atomic E-state index is 13.5. The lowest BCUT2D eigenvalue weighted by molar-refractivity contribution is 0.306. The smallest absolute Gasteiger partial charge is 0.126 e. The average Bonchev–Trinajstić information content (AvgIpc) is 2.45. The van der Waals surface area contributed by atoms with Crippen molar-refractivity contribution in [2.75, 3.05) is 18.5 Å². The first-order chi connectivity index (χ1) is 9.15. The Morgan fingerprint density at radius 1 is 1.37 bits per heavy atom. The van der Waals surface area contributed by atoms with Gasteiger partial charge >= 0.3 is 0 Å². The maximum Gasteiger partial charge on any atom is 0.126 e. The van der Waals surface area contributed by atoms with Crippen LogP contribution in [0.4, 0.5) is 10.1 Å². The predicted octanol–water partition coefficient (Wildman–Crippen LogP) is 2.65. The second-order valence-corrected chi connectivity index (χ2v) is 5.27. The summed E-state index contributed by atoms with van der Waals surface area (Å²) in [5.74, 6) is 0.0913. The van der Waals surface area contributed by atoms with Crippen LogP contribution in [0, 0.1) is 23.1 Å². The third-order valence-electron chi connectivity index (χ3n) is 4.09. The van der Waals surface area contributed by atoms with Gasteiger partial charge in [0.25, 0.3) is 0 Å². The number of benzene rings is 1. The molecule has 1 aromatic rings. The maximum atomic E-state index is 13.5. The van der Waals surface area contributed by atoms with Crippen molar-refractivity contribution in [1.82, 2.24) is 0 Å². The lowest BCUT2D eigenvalue weighted by Gasteiger charge is -2.39. The van der Waals surface area contributed by atoms with Crippen molar-refractivity contribution >= 4 is 5.69 Å². The lowest BCUT2D eigenvalue weighted by Crippen LogP contribution is -2.43. The number of nitrogens with two attached hydrogens (primary N) is 1. The quantitative estimate of drug-likeness (QED) is 0.910. The van der Waals surface area contributed by atoms with Gasteiger partial charge in [0, 0.05) is 18.8 Å². The summed E-state index contributed by atoms with van der Waals surface area (Å²) >= 11 is 0. The van der Waals surface area contributed by atoms with Gasteiger partial charge in [0.1, 0.15) is 5.82 Å². The summed E-state index contributed by atoms with van der Waals surface area (Å²) in [6, 6.07) is 6.83. The van der Waals surface area contributed by atoms with Gasteiger partial charge in [0.05, 0.1) is 11.6 Å². The van der Waals surface area contributed by atoms with E-state index in [0.717, 1.165) is 18.5 Å². The minimum absolute atomic E-state index is 0.340. The van der Waals surface area contributed by atoms with Gasteiger partial charge in [0.15, 0.2) is 0 Å². The molecule has 1 aromatic carbocycles. The molecule has 1 aliphatic rings. The molecule has 0 radical (unpaired) electrons. The summed E-state index contributed by atoms with van der Waals surface area (Å²) in [6.45, 7) is 0.662. The van der Waals surface area contributed by atoms with Crippen LogP contribution in [-0.2, 0) is 0 Å². The standard InChI is InChI=1S/C15H20FN3/c1-19(15-5-3-2-4-12(15)10-18)14-7-11(9-17)6-13(16)8-14/h6-8,12,15H,2-5,10,18H2,1H3. The van der Waals surface area contributed by atoms with Gasteiger partial charge in [-0.2, -0.15) is 5.26 Å². The summed E-state index contributed by atoms with van der Waals surface area (Å²) < 4.78 is 13.5. The van der Waals surface area contributed by atoms with Crippen LogP contribution in [0.2, 0.25) is 0 Å². The molecule has 2 N–H and O–H groups in total. The van der Waals surface area contributed by atoms with Crippen molar-refractivity contribution in [3.8, 4) is 6.07 Å². The number of nitrogens with zero attached hydrogens (tertiary/aromatic N) is 2. The summed E-state index contributed by atoms with van der Waals surface area (Å²) in [7, 11) is 1.97. The molecule has 4 heteroatoms. The van der Waals surface area contributed by atoms with Gasteiger partial charge in [-0.25, -0.2) is 4.39 Å². The van der Waals surface area contributed by atoms with Gasteiger partial charge in [-0.05, 0) is 43.5 Å². The van der Waals surface area contributed by atoms with E-state index in [1.54, 1.807) is 6.07 Å². The topological polar surface area (TPSA) is 53.0 Å². The highest BCUT2D eigenvalue weighted by Crippen LogP contribution is 2.30. The Bertz CT molecular complexity index is 481. The molecule has 2 unspecified atom stereocenters. The van der Waals surface area contributed by atoms with Crippen molar-refractivity contribution < 1.29 is 4.39 Å². The first-order valence-electron chi connectivity index (χ1n) is 6.79. The first-order valence-corrected chi connectivity index (χ1v) is 6.79. The molecule has 0 aromatic heterocycles. The van der Waals surface area contributed by atoms with Crippen molar-refractivity contribution in [2.24, 2.45) is 11.7 Å². The van der Waals surface area contributed by atoms with E-state index in [-0.39, 0.29) is 5.82 Å². The second kappa shape index (κ2) is 6.03. The minimum atomic E-state index is -0.360. The zero-order chi connectivity index (χ0) is 13.8. The minimum Gasteiger partial charge on any atom is -0.371 e. The molecule has 0 aliphatic heterocycles. The molecular weight excluding hydrogens is 241 g/mol. The summed E-state index contributed by atoms with van der Waals surface area (Å²) in [5.41, 5.74) is 6.97. The highest BCUT2D eigenvalue weighted by molar-refractivity contribution is 5.52. The molecule has 0 saturated heterocycles. The second-order valence-electron chi connectivity index (χ2n) is 5.27. The van der Waals surface area contributed by atoms with E-state index in [1.807, 2.05) is 13.1 Å². The van der Waals surface area contributed by atoms with Crippen LogP contribution >= 0.6 is 0 Å². The van der Waals surface area contributed by atoms with E-state index in [1.165, 1.54) is 25.0 Å². The van der Waals surface area contributed by atoms with Gasteiger partial charge in [-0.1, -0.05) is 12.8 Å². The van der Waals surface area contributed by atoms with E-state index in [4.69, 9.17) is 11.0 Å². The van der Waals surface area contributed by atoms with Crippen molar-refractivity contribution in [3.05, 3.63) is 29.6 Å². The highest BCUT2D eigenvalue weighted by Gasteiger charge is 2.27. The van der Waals surface area contributed by atoms with E-state index in [9.17, 15) is 4.39 Å². The number of nitriles is 1. The number of hydrogen-bond acceptors (Lipinski definition) is 3.